The molecule has 0 unspecified atom stereocenters. The van der Waals surface area contributed by atoms with Crippen LogP contribution in [0.3, 0.4) is 0 Å². The number of benzene rings is 2. The van der Waals surface area contributed by atoms with Gasteiger partial charge in [0.15, 0.2) is 11.5 Å². The van der Waals surface area contributed by atoms with E-state index in [0.717, 1.165) is 17.0 Å². The number of nitrogens with zero attached hydrogens (tertiary/aromatic N) is 2. The van der Waals surface area contributed by atoms with Crippen molar-refractivity contribution in [2.75, 3.05) is 14.2 Å². The molecule has 1 aliphatic heterocycles. The van der Waals surface area contributed by atoms with Gasteiger partial charge >= 0.3 is 0 Å². The van der Waals surface area contributed by atoms with E-state index in [0.29, 0.717) is 27.8 Å². The van der Waals surface area contributed by atoms with E-state index in [-0.39, 0.29) is 42.1 Å². The highest BCUT2D eigenvalue weighted by Crippen LogP contribution is 2.52. The zero-order chi connectivity index (χ0) is 23.1. The van der Waals surface area contributed by atoms with Crippen molar-refractivity contribution in [2.45, 2.75) is 13.0 Å². The largest absolute Gasteiger partial charge is 0.493 e. The molecule has 2 bridgehead atoms. The van der Waals surface area contributed by atoms with E-state index in [2.05, 4.69) is 17.3 Å². The first-order valence-electron chi connectivity index (χ1n) is 10.7. The number of fused-ring (bicyclic) bond motifs is 5. The van der Waals surface area contributed by atoms with Crippen LogP contribution in [0.25, 0.3) is 0 Å². The predicted octanol–water partition coefficient (Wildman–Crippen LogP) is 4.08. The Kier molecular flexibility index (Phi) is 5.58. The molecule has 8 heteroatoms. The van der Waals surface area contributed by atoms with Crippen molar-refractivity contribution in [1.82, 2.24) is 5.01 Å². The number of hydrogen-bond acceptors (Lipinski definition) is 6. The van der Waals surface area contributed by atoms with Crippen LogP contribution >= 0.6 is 11.6 Å². The lowest BCUT2D eigenvalue weighted by molar-refractivity contribution is -0.140. The zero-order valence-corrected chi connectivity index (χ0v) is 19.0. The predicted molar refractivity (Wildman–Crippen MR) is 122 cm³/mol. The van der Waals surface area contributed by atoms with Crippen molar-refractivity contribution >= 4 is 29.6 Å². The monoisotopic (exact) mass is 466 g/mol. The van der Waals surface area contributed by atoms with Crippen LogP contribution in [0.15, 0.2) is 53.7 Å². The Labute approximate surface area is 196 Å². The Bertz CT molecular complexity index is 1120. The van der Waals surface area contributed by atoms with Crippen LogP contribution in [0, 0.1) is 23.7 Å². The van der Waals surface area contributed by atoms with Gasteiger partial charge in [-0.2, -0.15) is 10.1 Å². The quantitative estimate of drug-likeness (QED) is 0.349. The van der Waals surface area contributed by atoms with Crippen molar-refractivity contribution in [3.63, 3.8) is 0 Å². The average molecular weight is 467 g/mol. The molecule has 1 heterocycles. The second kappa shape index (κ2) is 8.56. The normalized spacial score (nSPS) is 25.2. The highest BCUT2D eigenvalue weighted by atomic mass is 35.5. The molecule has 2 fully saturated rings. The van der Waals surface area contributed by atoms with E-state index >= 15 is 0 Å². The van der Waals surface area contributed by atoms with Crippen molar-refractivity contribution in [3.8, 4) is 17.2 Å². The van der Waals surface area contributed by atoms with Crippen LogP contribution in [0.2, 0.25) is 5.02 Å². The van der Waals surface area contributed by atoms with Crippen LogP contribution in [0.5, 0.6) is 17.2 Å². The van der Waals surface area contributed by atoms with Gasteiger partial charge < -0.3 is 14.2 Å². The van der Waals surface area contributed by atoms with Crippen LogP contribution < -0.4 is 14.2 Å². The molecule has 0 aromatic heterocycles. The van der Waals surface area contributed by atoms with E-state index in [1.54, 1.807) is 18.2 Å². The lowest BCUT2D eigenvalue weighted by Gasteiger charge is -2.16. The molecule has 7 nitrogen and oxygen atoms in total. The maximum Gasteiger partial charge on any atom is 0.254 e. The molecule has 4 atom stereocenters. The summed E-state index contributed by atoms with van der Waals surface area (Å²) in [6, 6.07) is 10.8. The Morgan fingerprint density at radius 2 is 1.64 bits per heavy atom. The summed E-state index contributed by atoms with van der Waals surface area (Å²) in [4.78, 5) is 25.7. The van der Waals surface area contributed by atoms with E-state index in [1.165, 1.54) is 20.4 Å². The summed E-state index contributed by atoms with van der Waals surface area (Å²) in [6.07, 6.45) is 6.46. The maximum atomic E-state index is 12.8. The number of hydrazone groups is 1. The van der Waals surface area contributed by atoms with Gasteiger partial charge in [-0.05, 0) is 36.5 Å². The second-order valence-corrected chi connectivity index (χ2v) is 8.77. The van der Waals surface area contributed by atoms with Crippen LogP contribution in [-0.4, -0.2) is 37.3 Å². The number of carbonyl (C=O) groups excluding carboxylic acids is 2. The third kappa shape index (κ3) is 3.66. The first-order chi connectivity index (χ1) is 16.0. The van der Waals surface area contributed by atoms with Crippen molar-refractivity contribution in [3.05, 3.63) is 64.7 Å². The number of methoxy groups -OCH3 is 2. The standard InChI is InChI=1S/C25H23ClN2O5/c1-31-19-9-14(10-20(32-2)23(19)33-13-17-5-3-4-6-18(17)26)12-27-28-24(29)21-15-7-8-16(11-15)22(21)25(28)30/h3-10,12,15-16,21-22H,11,13H2,1-2H3/t15-,16-,21-,22+/m0/s1. The topological polar surface area (TPSA) is 77.4 Å². The lowest BCUT2D eigenvalue weighted by atomic mass is 9.85. The molecule has 0 spiro atoms. The number of allylic oxidation sites excluding steroid dienone is 2. The molecule has 0 radical (unpaired) electrons. The van der Waals surface area contributed by atoms with Gasteiger partial charge in [0.2, 0.25) is 5.75 Å². The molecule has 5 rings (SSSR count). The fraction of sp³-hybridized carbons (Fsp3) is 0.320. The van der Waals surface area contributed by atoms with Gasteiger partial charge in [0, 0.05) is 16.1 Å². The summed E-state index contributed by atoms with van der Waals surface area (Å²) in [5.41, 5.74) is 1.43. The van der Waals surface area contributed by atoms with Gasteiger partial charge in [-0.1, -0.05) is 42.0 Å². The maximum absolute atomic E-state index is 12.8. The molecule has 2 aromatic rings. The number of carbonyl (C=O) groups is 2. The third-order valence-corrected chi connectivity index (χ3v) is 6.95. The molecule has 3 aliphatic rings. The number of hydrogen-bond donors (Lipinski definition) is 0. The molecule has 2 amide bonds. The summed E-state index contributed by atoms with van der Waals surface area (Å²) in [5, 5.41) is 5.85. The van der Waals surface area contributed by atoms with E-state index < -0.39 is 0 Å². The van der Waals surface area contributed by atoms with Gasteiger partial charge in [-0.3, -0.25) is 9.59 Å². The number of ether oxygens (including phenoxy) is 3. The smallest absolute Gasteiger partial charge is 0.254 e. The number of rotatable bonds is 7. The van der Waals surface area contributed by atoms with E-state index in [1.807, 2.05) is 18.2 Å². The number of amides is 2. The summed E-state index contributed by atoms with van der Waals surface area (Å²) in [7, 11) is 3.05. The van der Waals surface area contributed by atoms with Gasteiger partial charge in [0.25, 0.3) is 11.8 Å². The highest BCUT2D eigenvalue weighted by molar-refractivity contribution is 6.31. The minimum Gasteiger partial charge on any atom is -0.493 e. The van der Waals surface area contributed by atoms with Gasteiger partial charge in [-0.25, -0.2) is 0 Å². The Hall–Kier alpha value is -3.32. The van der Waals surface area contributed by atoms with Gasteiger partial charge in [0.1, 0.15) is 6.61 Å². The SMILES string of the molecule is COc1cc(C=NN2C(=O)[C@@H]3[C@H](C2=O)[C@H]2C=C[C@H]3C2)cc(OC)c1OCc1ccccc1Cl. The first kappa shape index (κ1) is 21.5. The van der Waals surface area contributed by atoms with Crippen LogP contribution in [0.1, 0.15) is 17.5 Å². The molecule has 0 N–H and O–H groups in total. The molecule has 2 aliphatic carbocycles. The van der Waals surface area contributed by atoms with Crippen LogP contribution in [-0.2, 0) is 16.2 Å². The Balaban J connectivity index is 1.37. The summed E-state index contributed by atoms with van der Waals surface area (Å²) in [6.45, 7) is 0.232. The summed E-state index contributed by atoms with van der Waals surface area (Å²) < 4.78 is 17.0. The summed E-state index contributed by atoms with van der Waals surface area (Å²) in [5.74, 6) is 0.555. The van der Waals surface area contributed by atoms with Crippen molar-refractivity contribution in [2.24, 2.45) is 28.8 Å². The third-order valence-electron chi connectivity index (χ3n) is 6.58. The average Bonchev–Trinajstić information content (AvgIpc) is 3.51. The molecular formula is C25H23ClN2O5. The molecular weight excluding hydrogens is 444 g/mol. The highest BCUT2D eigenvalue weighted by Gasteiger charge is 2.59. The van der Waals surface area contributed by atoms with E-state index in [9.17, 15) is 9.59 Å². The van der Waals surface area contributed by atoms with Crippen LogP contribution in [0.4, 0.5) is 0 Å². The fourth-order valence-corrected chi connectivity index (χ4v) is 5.20. The zero-order valence-electron chi connectivity index (χ0n) is 18.2. The van der Waals surface area contributed by atoms with Crippen molar-refractivity contribution in [1.29, 1.82) is 0 Å². The summed E-state index contributed by atoms with van der Waals surface area (Å²) >= 11 is 6.22. The van der Waals surface area contributed by atoms with Gasteiger partial charge in [-0.15, -0.1) is 0 Å². The molecule has 1 saturated heterocycles. The molecule has 1 saturated carbocycles. The molecule has 2 aromatic carbocycles. The van der Waals surface area contributed by atoms with Crippen molar-refractivity contribution < 1.29 is 23.8 Å². The first-order valence-corrected chi connectivity index (χ1v) is 11.1. The van der Waals surface area contributed by atoms with E-state index in [4.69, 9.17) is 25.8 Å². The number of halogens is 1. The Morgan fingerprint density at radius 1 is 1.03 bits per heavy atom. The number of imide groups is 1. The lowest BCUT2D eigenvalue weighted by Crippen LogP contribution is -2.28. The molecule has 170 valence electrons. The Morgan fingerprint density at radius 3 is 2.21 bits per heavy atom. The minimum atomic E-state index is -0.283. The second-order valence-electron chi connectivity index (χ2n) is 8.37. The van der Waals surface area contributed by atoms with Gasteiger partial charge in [0.05, 0.1) is 32.3 Å². The fourth-order valence-electron chi connectivity index (χ4n) is 5.01. The molecule has 33 heavy (non-hydrogen) atoms. The minimum absolute atomic E-state index is 0.145.